The number of likely N-dealkylation sites (tertiary alicyclic amines) is 1. The van der Waals surface area contributed by atoms with Crippen LogP contribution < -0.4 is 5.73 Å². The van der Waals surface area contributed by atoms with Gasteiger partial charge in [0, 0.05) is 19.0 Å². The van der Waals surface area contributed by atoms with Gasteiger partial charge in [0.1, 0.15) is 0 Å². The quantitative estimate of drug-likeness (QED) is 0.917. The van der Waals surface area contributed by atoms with E-state index in [0.717, 1.165) is 12.4 Å². The molecule has 2 atom stereocenters. The molecular weight excluding hydrogens is 276 g/mol. The third-order valence-electron chi connectivity index (χ3n) is 4.53. The predicted octanol–water partition coefficient (Wildman–Crippen LogP) is 2.22. The molecule has 22 heavy (non-hydrogen) atoms. The largest absolute Gasteiger partial charge is 0.338 e. The first-order valence-corrected chi connectivity index (χ1v) is 8.05. The number of aromatic nitrogens is 2. The van der Waals surface area contributed by atoms with Crippen LogP contribution in [0.25, 0.3) is 0 Å². The van der Waals surface area contributed by atoms with Gasteiger partial charge < -0.3 is 10.3 Å². The van der Waals surface area contributed by atoms with Crippen molar-refractivity contribution in [1.29, 1.82) is 0 Å². The Hall–Kier alpha value is -1.72. The summed E-state index contributed by atoms with van der Waals surface area (Å²) in [6.45, 7) is 4.72. The highest BCUT2D eigenvalue weighted by Gasteiger charge is 2.28. The Labute approximate surface area is 131 Å². The smallest absolute Gasteiger partial charge is 0.240 e. The van der Waals surface area contributed by atoms with Crippen LogP contribution in [0, 0.1) is 5.92 Å². The maximum atomic E-state index is 5.94. The zero-order valence-corrected chi connectivity index (χ0v) is 13.1. The summed E-state index contributed by atoms with van der Waals surface area (Å²) in [5.41, 5.74) is 7.13. The molecule has 2 N–H and O–H groups in total. The molecule has 0 bridgehead atoms. The highest BCUT2D eigenvalue weighted by Crippen LogP contribution is 2.24. The summed E-state index contributed by atoms with van der Waals surface area (Å²) in [6, 6.07) is 10.6. The molecular formula is C17H24N4O. The zero-order valence-electron chi connectivity index (χ0n) is 13.1. The van der Waals surface area contributed by atoms with Crippen molar-refractivity contribution in [3.8, 4) is 0 Å². The van der Waals surface area contributed by atoms with Crippen LogP contribution in [0.5, 0.6) is 0 Å². The number of nitrogens with zero attached hydrogens (tertiary/aromatic N) is 3. The van der Waals surface area contributed by atoms with E-state index >= 15 is 0 Å². The summed E-state index contributed by atoms with van der Waals surface area (Å²) >= 11 is 0. The molecule has 0 aliphatic carbocycles. The zero-order chi connectivity index (χ0) is 15.4. The first-order chi connectivity index (χ1) is 10.8. The maximum Gasteiger partial charge on any atom is 0.240 e. The van der Waals surface area contributed by atoms with Gasteiger partial charge >= 0.3 is 0 Å². The molecule has 1 saturated heterocycles. The lowest BCUT2D eigenvalue weighted by Gasteiger charge is -2.38. The van der Waals surface area contributed by atoms with Gasteiger partial charge in [-0.3, -0.25) is 4.90 Å². The number of rotatable bonds is 5. The molecule has 0 amide bonds. The number of nitrogens with two attached hydrogens (primary N) is 1. The molecule has 5 nitrogen and oxygen atoms in total. The standard InChI is InChI=1S/C17H24N4O/c1-13-6-5-9-21(15(13)11-18)12-17-19-16(20-22-17)10-14-7-3-2-4-8-14/h2-4,7-8,13,15H,5-6,9-12,18H2,1H3. The molecule has 1 aliphatic rings. The minimum atomic E-state index is 0.415. The lowest BCUT2D eigenvalue weighted by Crippen LogP contribution is -2.48. The first-order valence-electron chi connectivity index (χ1n) is 8.05. The van der Waals surface area contributed by atoms with Crippen molar-refractivity contribution in [3.05, 3.63) is 47.6 Å². The van der Waals surface area contributed by atoms with E-state index in [9.17, 15) is 0 Å². The Balaban J connectivity index is 1.64. The van der Waals surface area contributed by atoms with Gasteiger partial charge in [-0.15, -0.1) is 0 Å². The van der Waals surface area contributed by atoms with Gasteiger partial charge in [0.15, 0.2) is 5.82 Å². The van der Waals surface area contributed by atoms with Crippen LogP contribution in [-0.2, 0) is 13.0 Å². The lowest BCUT2D eigenvalue weighted by atomic mass is 9.91. The van der Waals surface area contributed by atoms with E-state index in [1.54, 1.807) is 0 Å². The SMILES string of the molecule is CC1CCCN(Cc2nc(Cc3ccccc3)no2)C1CN. The summed E-state index contributed by atoms with van der Waals surface area (Å²) in [6.07, 6.45) is 3.17. The Morgan fingerprint density at radius 2 is 2.14 bits per heavy atom. The Morgan fingerprint density at radius 3 is 2.91 bits per heavy atom. The molecule has 1 aromatic carbocycles. The minimum Gasteiger partial charge on any atom is -0.338 e. The van der Waals surface area contributed by atoms with Crippen molar-refractivity contribution < 1.29 is 4.52 Å². The van der Waals surface area contributed by atoms with Gasteiger partial charge in [-0.2, -0.15) is 4.98 Å². The number of benzene rings is 1. The third kappa shape index (κ3) is 3.54. The molecule has 2 heterocycles. The Morgan fingerprint density at radius 1 is 1.32 bits per heavy atom. The second-order valence-electron chi connectivity index (χ2n) is 6.16. The molecule has 0 spiro atoms. The fraction of sp³-hybridized carbons (Fsp3) is 0.529. The van der Waals surface area contributed by atoms with Gasteiger partial charge in [-0.25, -0.2) is 0 Å². The monoisotopic (exact) mass is 300 g/mol. The Bertz CT molecular complexity index is 583. The molecule has 3 rings (SSSR count). The molecule has 0 radical (unpaired) electrons. The van der Waals surface area contributed by atoms with Crippen LogP contribution in [-0.4, -0.2) is 34.2 Å². The van der Waals surface area contributed by atoms with Crippen LogP contribution in [0.2, 0.25) is 0 Å². The van der Waals surface area contributed by atoms with Crippen LogP contribution >= 0.6 is 0 Å². The van der Waals surface area contributed by atoms with Crippen molar-refractivity contribution in [2.24, 2.45) is 11.7 Å². The number of piperidine rings is 1. The van der Waals surface area contributed by atoms with E-state index in [0.29, 0.717) is 37.4 Å². The highest BCUT2D eigenvalue weighted by atomic mass is 16.5. The summed E-state index contributed by atoms with van der Waals surface area (Å²) < 4.78 is 5.42. The van der Waals surface area contributed by atoms with Crippen molar-refractivity contribution in [3.63, 3.8) is 0 Å². The average Bonchev–Trinajstić information content (AvgIpc) is 2.96. The number of hydrogen-bond acceptors (Lipinski definition) is 5. The van der Waals surface area contributed by atoms with Crippen LogP contribution in [0.3, 0.4) is 0 Å². The average molecular weight is 300 g/mol. The molecule has 118 valence electrons. The minimum absolute atomic E-state index is 0.415. The van der Waals surface area contributed by atoms with Gasteiger partial charge in [-0.1, -0.05) is 42.4 Å². The fourth-order valence-electron chi connectivity index (χ4n) is 3.29. The van der Waals surface area contributed by atoms with E-state index in [1.165, 1.54) is 18.4 Å². The molecule has 1 aliphatic heterocycles. The van der Waals surface area contributed by atoms with Crippen molar-refractivity contribution >= 4 is 0 Å². The Kier molecular flexibility index (Phi) is 4.85. The van der Waals surface area contributed by atoms with Gasteiger partial charge in [0.05, 0.1) is 6.54 Å². The predicted molar refractivity (Wildman–Crippen MR) is 85.2 cm³/mol. The van der Waals surface area contributed by atoms with E-state index in [4.69, 9.17) is 10.3 Å². The number of hydrogen-bond donors (Lipinski definition) is 1. The molecule has 2 aromatic rings. The molecule has 1 fully saturated rings. The summed E-state index contributed by atoms with van der Waals surface area (Å²) in [4.78, 5) is 6.92. The van der Waals surface area contributed by atoms with E-state index in [-0.39, 0.29) is 0 Å². The highest BCUT2D eigenvalue weighted by molar-refractivity contribution is 5.18. The summed E-state index contributed by atoms with van der Waals surface area (Å²) in [5.74, 6) is 2.07. The van der Waals surface area contributed by atoms with Crippen LogP contribution in [0.15, 0.2) is 34.9 Å². The van der Waals surface area contributed by atoms with E-state index in [2.05, 4.69) is 34.1 Å². The first kappa shape index (κ1) is 15.2. The van der Waals surface area contributed by atoms with E-state index in [1.807, 2.05) is 18.2 Å². The van der Waals surface area contributed by atoms with Gasteiger partial charge in [0.2, 0.25) is 5.89 Å². The molecule has 1 aromatic heterocycles. The van der Waals surface area contributed by atoms with Crippen molar-refractivity contribution in [2.45, 2.75) is 38.8 Å². The second-order valence-corrected chi connectivity index (χ2v) is 6.16. The molecule has 5 heteroatoms. The van der Waals surface area contributed by atoms with Crippen LogP contribution in [0.1, 0.15) is 37.0 Å². The fourth-order valence-corrected chi connectivity index (χ4v) is 3.29. The molecule has 2 unspecified atom stereocenters. The maximum absolute atomic E-state index is 5.94. The lowest BCUT2D eigenvalue weighted by molar-refractivity contribution is 0.0874. The molecule has 0 saturated carbocycles. The van der Waals surface area contributed by atoms with Crippen LogP contribution in [0.4, 0.5) is 0 Å². The topological polar surface area (TPSA) is 68.2 Å². The van der Waals surface area contributed by atoms with Crippen molar-refractivity contribution in [1.82, 2.24) is 15.0 Å². The van der Waals surface area contributed by atoms with Gasteiger partial charge in [0.25, 0.3) is 0 Å². The summed E-state index contributed by atoms with van der Waals surface area (Å²) in [5, 5.41) is 4.10. The summed E-state index contributed by atoms with van der Waals surface area (Å²) in [7, 11) is 0. The normalized spacial score (nSPS) is 22.8. The third-order valence-corrected chi connectivity index (χ3v) is 4.53. The second kappa shape index (κ2) is 7.03. The van der Waals surface area contributed by atoms with E-state index < -0.39 is 0 Å². The van der Waals surface area contributed by atoms with Gasteiger partial charge in [-0.05, 0) is 30.9 Å². The van der Waals surface area contributed by atoms with Crippen molar-refractivity contribution in [2.75, 3.05) is 13.1 Å².